The van der Waals surface area contributed by atoms with Crippen LogP contribution in [0.5, 0.6) is 5.75 Å². The van der Waals surface area contributed by atoms with E-state index in [0.717, 1.165) is 0 Å². The minimum atomic E-state index is -2.93. The standard InChI is InChI=1S/C13H14F2N2O3/c1-7-2-3-9(5-10(7)20-13(14)15)17-6-8(12(16)19)4-11(17)18/h2-3,5,8,13H,4,6H2,1H3,(H2,16,19). The van der Waals surface area contributed by atoms with E-state index < -0.39 is 18.4 Å². The summed E-state index contributed by atoms with van der Waals surface area (Å²) in [6.07, 6.45) is 0.0360. The first kappa shape index (κ1) is 14.2. The predicted molar refractivity (Wildman–Crippen MR) is 67.5 cm³/mol. The quantitative estimate of drug-likeness (QED) is 0.909. The van der Waals surface area contributed by atoms with E-state index in [9.17, 15) is 18.4 Å². The number of ether oxygens (including phenoxy) is 1. The van der Waals surface area contributed by atoms with Crippen LogP contribution in [0.4, 0.5) is 14.5 Å². The Morgan fingerprint density at radius 1 is 1.50 bits per heavy atom. The first-order valence-corrected chi connectivity index (χ1v) is 6.03. The molecular weight excluding hydrogens is 270 g/mol. The summed E-state index contributed by atoms with van der Waals surface area (Å²) in [5.74, 6) is -1.35. The molecule has 108 valence electrons. The van der Waals surface area contributed by atoms with Gasteiger partial charge in [-0.15, -0.1) is 0 Å². The fourth-order valence-corrected chi connectivity index (χ4v) is 2.13. The van der Waals surface area contributed by atoms with E-state index in [4.69, 9.17) is 5.73 Å². The number of aryl methyl sites for hydroxylation is 1. The maximum absolute atomic E-state index is 12.3. The fraction of sp³-hybridized carbons (Fsp3) is 0.385. The maximum Gasteiger partial charge on any atom is 0.387 e. The average Bonchev–Trinajstić information content (AvgIpc) is 2.74. The van der Waals surface area contributed by atoms with Crippen molar-refractivity contribution in [3.05, 3.63) is 23.8 Å². The number of halogens is 2. The van der Waals surface area contributed by atoms with Gasteiger partial charge in [-0.25, -0.2) is 0 Å². The number of carbonyl (C=O) groups is 2. The highest BCUT2D eigenvalue weighted by molar-refractivity contribution is 6.00. The van der Waals surface area contributed by atoms with Crippen LogP contribution >= 0.6 is 0 Å². The third-order valence-electron chi connectivity index (χ3n) is 3.23. The fourth-order valence-electron chi connectivity index (χ4n) is 2.13. The van der Waals surface area contributed by atoms with Gasteiger partial charge in [-0.05, 0) is 18.6 Å². The second-order valence-corrected chi connectivity index (χ2v) is 4.64. The van der Waals surface area contributed by atoms with Crippen LogP contribution in [0, 0.1) is 12.8 Å². The number of nitrogens with zero attached hydrogens (tertiary/aromatic N) is 1. The Balaban J connectivity index is 2.25. The van der Waals surface area contributed by atoms with Crippen molar-refractivity contribution in [2.45, 2.75) is 20.0 Å². The van der Waals surface area contributed by atoms with E-state index >= 15 is 0 Å². The molecule has 1 atom stereocenters. The zero-order chi connectivity index (χ0) is 14.9. The number of nitrogens with two attached hydrogens (primary N) is 1. The summed E-state index contributed by atoms with van der Waals surface area (Å²) in [5, 5.41) is 0. The van der Waals surface area contributed by atoms with Crippen LogP contribution in [0.15, 0.2) is 18.2 Å². The second-order valence-electron chi connectivity index (χ2n) is 4.64. The lowest BCUT2D eigenvalue weighted by molar-refractivity contribution is -0.123. The molecule has 5 nitrogen and oxygen atoms in total. The second kappa shape index (κ2) is 5.44. The molecule has 20 heavy (non-hydrogen) atoms. The molecule has 1 aliphatic rings. The molecule has 7 heteroatoms. The molecule has 1 unspecified atom stereocenters. The molecule has 2 rings (SSSR count). The Labute approximate surface area is 114 Å². The first-order chi connectivity index (χ1) is 9.38. The van der Waals surface area contributed by atoms with E-state index in [1.54, 1.807) is 19.1 Å². The normalized spacial score (nSPS) is 18.7. The lowest BCUT2D eigenvalue weighted by atomic mass is 10.1. The molecule has 0 aromatic heterocycles. The number of hydrogen-bond acceptors (Lipinski definition) is 3. The van der Waals surface area contributed by atoms with E-state index in [1.807, 2.05) is 0 Å². The molecule has 0 saturated carbocycles. The molecule has 1 fully saturated rings. The van der Waals surface area contributed by atoms with Gasteiger partial charge in [0.15, 0.2) is 0 Å². The highest BCUT2D eigenvalue weighted by Gasteiger charge is 2.34. The van der Waals surface area contributed by atoms with Gasteiger partial charge in [-0.2, -0.15) is 8.78 Å². The van der Waals surface area contributed by atoms with E-state index in [-0.39, 0.29) is 24.6 Å². The van der Waals surface area contributed by atoms with Gasteiger partial charge in [0.1, 0.15) is 5.75 Å². The molecular formula is C13H14F2N2O3. The Bertz CT molecular complexity index is 548. The number of amides is 2. The van der Waals surface area contributed by atoms with Crippen molar-refractivity contribution in [1.29, 1.82) is 0 Å². The minimum absolute atomic E-state index is 0.00725. The molecule has 1 aromatic rings. The summed E-state index contributed by atoms with van der Waals surface area (Å²) < 4.78 is 29.0. The smallest absolute Gasteiger partial charge is 0.387 e. The van der Waals surface area contributed by atoms with Crippen LogP contribution in [0.2, 0.25) is 0 Å². The highest BCUT2D eigenvalue weighted by atomic mass is 19.3. The zero-order valence-corrected chi connectivity index (χ0v) is 10.8. The number of hydrogen-bond donors (Lipinski definition) is 1. The molecule has 0 spiro atoms. The Kier molecular flexibility index (Phi) is 3.87. The topological polar surface area (TPSA) is 72.6 Å². The van der Waals surface area contributed by atoms with Gasteiger partial charge in [0.05, 0.1) is 5.92 Å². The molecule has 1 aromatic carbocycles. The number of alkyl halides is 2. The van der Waals surface area contributed by atoms with Gasteiger partial charge >= 0.3 is 6.61 Å². The van der Waals surface area contributed by atoms with Crippen LogP contribution in [0.25, 0.3) is 0 Å². The van der Waals surface area contributed by atoms with Crippen molar-refractivity contribution in [1.82, 2.24) is 0 Å². The van der Waals surface area contributed by atoms with Gasteiger partial charge in [0.2, 0.25) is 11.8 Å². The third kappa shape index (κ3) is 2.87. The number of rotatable bonds is 4. The highest BCUT2D eigenvalue weighted by Crippen LogP contribution is 2.30. The largest absolute Gasteiger partial charge is 0.434 e. The van der Waals surface area contributed by atoms with Gasteiger partial charge in [-0.1, -0.05) is 6.07 Å². The van der Waals surface area contributed by atoms with Crippen molar-refractivity contribution in [2.75, 3.05) is 11.4 Å². The Hall–Kier alpha value is -2.18. The zero-order valence-electron chi connectivity index (χ0n) is 10.8. The molecule has 1 aliphatic heterocycles. The minimum Gasteiger partial charge on any atom is -0.434 e. The number of primary amides is 1. The number of anilines is 1. The summed E-state index contributed by atoms with van der Waals surface area (Å²) in [4.78, 5) is 24.3. The lowest BCUT2D eigenvalue weighted by Gasteiger charge is -2.18. The van der Waals surface area contributed by atoms with Gasteiger partial charge in [0.25, 0.3) is 0 Å². The molecule has 0 bridgehead atoms. The van der Waals surface area contributed by atoms with Crippen LogP contribution in [0.3, 0.4) is 0 Å². The third-order valence-corrected chi connectivity index (χ3v) is 3.23. The average molecular weight is 284 g/mol. The predicted octanol–water partition coefficient (Wildman–Crippen LogP) is 1.43. The van der Waals surface area contributed by atoms with Crippen molar-refractivity contribution in [3.63, 3.8) is 0 Å². The first-order valence-electron chi connectivity index (χ1n) is 6.03. The molecule has 2 amide bonds. The van der Waals surface area contributed by atoms with Gasteiger partial charge in [-0.3, -0.25) is 9.59 Å². The number of carbonyl (C=O) groups excluding carboxylic acids is 2. The van der Waals surface area contributed by atoms with E-state index in [2.05, 4.69) is 4.74 Å². The molecule has 1 heterocycles. The van der Waals surface area contributed by atoms with Crippen LogP contribution in [-0.2, 0) is 9.59 Å². The van der Waals surface area contributed by atoms with Gasteiger partial charge < -0.3 is 15.4 Å². The monoisotopic (exact) mass is 284 g/mol. The lowest BCUT2D eigenvalue weighted by Crippen LogP contribution is -2.28. The van der Waals surface area contributed by atoms with Crippen molar-refractivity contribution >= 4 is 17.5 Å². The number of benzene rings is 1. The van der Waals surface area contributed by atoms with Gasteiger partial charge in [0, 0.05) is 24.7 Å². The van der Waals surface area contributed by atoms with Crippen molar-refractivity contribution in [2.24, 2.45) is 11.7 Å². The maximum atomic E-state index is 12.3. The van der Waals surface area contributed by atoms with E-state index in [0.29, 0.717) is 11.3 Å². The van der Waals surface area contributed by atoms with Crippen LogP contribution in [0.1, 0.15) is 12.0 Å². The summed E-state index contributed by atoms with van der Waals surface area (Å²) in [7, 11) is 0. The van der Waals surface area contributed by atoms with Crippen LogP contribution in [-0.4, -0.2) is 25.0 Å². The molecule has 1 saturated heterocycles. The molecule has 0 radical (unpaired) electrons. The molecule has 0 aliphatic carbocycles. The van der Waals surface area contributed by atoms with E-state index in [1.165, 1.54) is 11.0 Å². The summed E-state index contributed by atoms with van der Waals surface area (Å²) in [6, 6.07) is 4.57. The molecule has 2 N–H and O–H groups in total. The summed E-state index contributed by atoms with van der Waals surface area (Å²) in [6.45, 7) is -1.15. The summed E-state index contributed by atoms with van der Waals surface area (Å²) in [5.41, 5.74) is 6.13. The Morgan fingerprint density at radius 3 is 2.75 bits per heavy atom. The SMILES string of the molecule is Cc1ccc(N2CC(C(N)=O)CC2=O)cc1OC(F)F. The van der Waals surface area contributed by atoms with Crippen molar-refractivity contribution in [3.8, 4) is 5.75 Å². The Morgan fingerprint density at radius 2 is 2.20 bits per heavy atom. The summed E-state index contributed by atoms with van der Waals surface area (Å²) >= 11 is 0. The van der Waals surface area contributed by atoms with Crippen molar-refractivity contribution < 1.29 is 23.1 Å². The van der Waals surface area contributed by atoms with Crippen LogP contribution < -0.4 is 15.4 Å².